The van der Waals surface area contributed by atoms with Crippen LogP contribution in [0, 0.1) is 0 Å². The summed E-state index contributed by atoms with van der Waals surface area (Å²) in [6.07, 6.45) is 5.28. The molecular formula is C30H36N2O6S. The van der Waals surface area contributed by atoms with Crippen molar-refractivity contribution in [3.05, 3.63) is 64.4 Å². The SMILES string of the molecule is COc1cc(OC)cc(N(C(=O)Cc2cccs2)[C@@H](C(=O)NC2CCCCC2)c2ccc(OC)c(OC)c2)c1. The fourth-order valence-corrected chi connectivity index (χ4v) is 5.68. The lowest BCUT2D eigenvalue weighted by Gasteiger charge is -2.34. The van der Waals surface area contributed by atoms with Crippen molar-refractivity contribution in [2.75, 3.05) is 33.3 Å². The number of amides is 2. The third kappa shape index (κ3) is 6.84. The van der Waals surface area contributed by atoms with Gasteiger partial charge in [-0.25, -0.2) is 0 Å². The van der Waals surface area contributed by atoms with Crippen LogP contribution in [-0.2, 0) is 16.0 Å². The number of hydrogen-bond donors (Lipinski definition) is 1. The van der Waals surface area contributed by atoms with E-state index in [9.17, 15) is 9.59 Å². The van der Waals surface area contributed by atoms with Gasteiger partial charge in [0.25, 0.3) is 0 Å². The Kier molecular flexibility index (Phi) is 9.70. The first-order valence-corrected chi connectivity index (χ1v) is 13.9. The molecule has 1 saturated carbocycles. The Balaban J connectivity index is 1.86. The normalized spacial score (nSPS) is 14.3. The average Bonchev–Trinajstić information content (AvgIpc) is 3.48. The van der Waals surface area contributed by atoms with Gasteiger partial charge >= 0.3 is 0 Å². The van der Waals surface area contributed by atoms with Gasteiger partial charge < -0.3 is 24.3 Å². The number of benzene rings is 2. The predicted octanol–water partition coefficient (Wildman–Crippen LogP) is 5.55. The zero-order chi connectivity index (χ0) is 27.8. The maximum absolute atomic E-state index is 14.2. The number of rotatable bonds is 11. The van der Waals surface area contributed by atoms with Gasteiger partial charge in [0.05, 0.1) is 40.5 Å². The van der Waals surface area contributed by atoms with Crippen molar-refractivity contribution in [2.45, 2.75) is 50.6 Å². The molecule has 0 aliphatic heterocycles. The van der Waals surface area contributed by atoms with Crippen molar-refractivity contribution in [3.8, 4) is 23.0 Å². The number of nitrogens with zero attached hydrogens (tertiary/aromatic N) is 1. The van der Waals surface area contributed by atoms with Gasteiger partial charge in [-0.3, -0.25) is 14.5 Å². The number of carbonyl (C=O) groups is 2. The highest BCUT2D eigenvalue weighted by atomic mass is 32.1. The molecule has 8 nitrogen and oxygen atoms in total. The summed E-state index contributed by atoms with van der Waals surface area (Å²) in [5.41, 5.74) is 1.09. The van der Waals surface area contributed by atoms with Gasteiger partial charge in [0.15, 0.2) is 11.5 Å². The van der Waals surface area contributed by atoms with E-state index in [-0.39, 0.29) is 24.3 Å². The van der Waals surface area contributed by atoms with Crippen LogP contribution in [-0.4, -0.2) is 46.3 Å². The van der Waals surface area contributed by atoms with Crippen LogP contribution >= 0.6 is 11.3 Å². The van der Waals surface area contributed by atoms with Crippen LogP contribution in [0.1, 0.15) is 48.6 Å². The number of methoxy groups -OCH3 is 4. The Labute approximate surface area is 233 Å². The lowest BCUT2D eigenvalue weighted by Crippen LogP contribution is -2.47. The molecule has 2 amide bonds. The van der Waals surface area contributed by atoms with Gasteiger partial charge in [0.2, 0.25) is 11.8 Å². The molecule has 4 rings (SSSR count). The molecule has 0 saturated heterocycles. The number of ether oxygens (including phenoxy) is 4. The van der Waals surface area contributed by atoms with Crippen LogP contribution in [0.25, 0.3) is 0 Å². The third-order valence-electron chi connectivity index (χ3n) is 6.97. The van der Waals surface area contributed by atoms with E-state index in [4.69, 9.17) is 18.9 Å². The largest absolute Gasteiger partial charge is 0.497 e. The summed E-state index contributed by atoms with van der Waals surface area (Å²) in [7, 11) is 6.21. The van der Waals surface area contributed by atoms with Crippen molar-refractivity contribution in [3.63, 3.8) is 0 Å². The average molecular weight is 553 g/mol. The van der Waals surface area contributed by atoms with Gasteiger partial charge in [0.1, 0.15) is 17.5 Å². The van der Waals surface area contributed by atoms with Gasteiger partial charge in [0, 0.05) is 29.1 Å². The summed E-state index contributed by atoms with van der Waals surface area (Å²) >= 11 is 1.50. The molecule has 1 fully saturated rings. The van der Waals surface area contributed by atoms with E-state index < -0.39 is 6.04 Å². The molecule has 1 aromatic heterocycles. The highest BCUT2D eigenvalue weighted by molar-refractivity contribution is 7.10. The van der Waals surface area contributed by atoms with Crippen LogP contribution < -0.4 is 29.2 Å². The Morgan fingerprint density at radius 1 is 0.897 bits per heavy atom. The molecular weight excluding hydrogens is 516 g/mol. The van der Waals surface area contributed by atoms with E-state index in [0.29, 0.717) is 34.2 Å². The van der Waals surface area contributed by atoms with E-state index in [1.54, 1.807) is 69.7 Å². The summed E-state index contributed by atoms with van der Waals surface area (Å²) in [5.74, 6) is 1.54. The molecule has 0 bridgehead atoms. The van der Waals surface area contributed by atoms with E-state index in [0.717, 1.165) is 30.6 Å². The topological polar surface area (TPSA) is 86.3 Å². The van der Waals surface area contributed by atoms with E-state index in [2.05, 4.69) is 5.32 Å². The molecule has 1 heterocycles. The lowest BCUT2D eigenvalue weighted by atomic mass is 9.94. The first-order chi connectivity index (χ1) is 19.0. The highest BCUT2D eigenvalue weighted by Gasteiger charge is 2.35. The first kappa shape index (κ1) is 28.3. The molecule has 9 heteroatoms. The second kappa shape index (κ2) is 13.4. The Bertz CT molecular complexity index is 1230. The zero-order valence-corrected chi connectivity index (χ0v) is 23.7. The lowest BCUT2D eigenvalue weighted by molar-refractivity contribution is -0.127. The second-order valence-corrected chi connectivity index (χ2v) is 10.5. The van der Waals surface area contributed by atoms with Crippen molar-refractivity contribution < 1.29 is 28.5 Å². The summed E-state index contributed by atoms with van der Waals surface area (Å²) in [4.78, 5) is 30.7. The monoisotopic (exact) mass is 552 g/mol. The minimum Gasteiger partial charge on any atom is -0.497 e. The smallest absolute Gasteiger partial charge is 0.248 e. The van der Waals surface area contributed by atoms with E-state index >= 15 is 0 Å². The molecule has 39 heavy (non-hydrogen) atoms. The summed E-state index contributed by atoms with van der Waals surface area (Å²) in [6.45, 7) is 0. The molecule has 1 aliphatic rings. The summed E-state index contributed by atoms with van der Waals surface area (Å²) in [6, 6.07) is 13.4. The van der Waals surface area contributed by atoms with Crippen LogP contribution in [0.4, 0.5) is 5.69 Å². The Morgan fingerprint density at radius 2 is 1.59 bits per heavy atom. The van der Waals surface area contributed by atoms with Crippen LogP contribution in [0.2, 0.25) is 0 Å². The highest BCUT2D eigenvalue weighted by Crippen LogP contribution is 2.38. The minimum atomic E-state index is -0.976. The number of hydrogen-bond acceptors (Lipinski definition) is 7. The molecule has 0 radical (unpaired) electrons. The third-order valence-corrected chi connectivity index (χ3v) is 7.85. The van der Waals surface area contributed by atoms with Crippen molar-refractivity contribution in [2.24, 2.45) is 0 Å². The van der Waals surface area contributed by atoms with Gasteiger partial charge in [-0.05, 0) is 42.0 Å². The molecule has 0 unspecified atom stereocenters. The van der Waals surface area contributed by atoms with Crippen LogP contribution in [0.3, 0.4) is 0 Å². The molecule has 1 aliphatic carbocycles. The quantitative estimate of drug-likeness (QED) is 0.336. The van der Waals surface area contributed by atoms with Crippen molar-refractivity contribution in [1.82, 2.24) is 5.32 Å². The molecule has 2 aromatic carbocycles. The van der Waals surface area contributed by atoms with Gasteiger partial charge in [-0.2, -0.15) is 0 Å². The minimum absolute atomic E-state index is 0.0583. The maximum Gasteiger partial charge on any atom is 0.248 e. The van der Waals surface area contributed by atoms with Crippen LogP contribution in [0.15, 0.2) is 53.9 Å². The van der Waals surface area contributed by atoms with E-state index in [1.165, 1.54) is 17.8 Å². The molecule has 1 atom stereocenters. The Morgan fingerprint density at radius 3 is 2.18 bits per heavy atom. The summed E-state index contributed by atoms with van der Waals surface area (Å²) < 4.78 is 22.0. The standard InChI is InChI=1S/C30H36N2O6S/c1-35-23-16-22(17-24(18-23)36-2)32(28(33)19-25-11-8-14-39-25)29(30(34)31-21-9-6-5-7-10-21)20-12-13-26(37-3)27(15-20)38-4/h8,11-18,21,29H,5-7,9-10,19H2,1-4H3,(H,31,34)/t29-/m1/s1. The molecule has 1 N–H and O–H groups in total. The van der Waals surface area contributed by atoms with Crippen molar-refractivity contribution >= 4 is 28.8 Å². The number of anilines is 1. The predicted molar refractivity (Wildman–Crippen MR) is 152 cm³/mol. The van der Waals surface area contributed by atoms with E-state index in [1.807, 2.05) is 17.5 Å². The first-order valence-electron chi connectivity index (χ1n) is 13.1. The van der Waals surface area contributed by atoms with Gasteiger partial charge in [-0.15, -0.1) is 11.3 Å². The zero-order valence-electron chi connectivity index (χ0n) is 22.9. The number of nitrogens with one attached hydrogen (secondary N) is 1. The number of thiophene rings is 1. The Hall–Kier alpha value is -3.72. The van der Waals surface area contributed by atoms with Gasteiger partial charge in [-0.1, -0.05) is 31.4 Å². The molecule has 208 valence electrons. The maximum atomic E-state index is 14.2. The second-order valence-electron chi connectivity index (χ2n) is 9.45. The fourth-order valence-electron chi connectivity index (χ4n) is 4.98. The molecule has 0 spiro atoms. The summed E-state index contributed by atoms with van der Waals surface area (Å²) in [5, 5.41) is 5.17. The molecule has 3 aromatic rings. The fraction of sp³-hybridized carbons (Fsp3) is 0.400. The van der Waals surface area contributed by atoms with Crippen LogP contribution in [0.5, 0.6) is 23.0 Å². The number of carbonyl (C=O) groups excluding carboxylic acids is 2. The van der Waals surface area contributed by atoms with Crippen molar-refractivity contribution in [1.29, 1.82) is 0 Å².